The Labute approximate surface area is 153 Å². The molecule has 0 saturated heterocycles. The molecule has 0 aromatic rings. The van der Waals surface area contributed by atoms with E-state index in [-0.39, 0.29) is 41.0 Å². The normalized spacial score (nSPS) is 27.2. The number of hydrogen-bond donors (Lipinski definition) is 0. The largest absolute Gasteiger partial charge is 0.465 e. The van der Waals surface area contributed by atoms with Crippen molar-refractivity contribution >= 4 is 11.9 Å². The van der Waals surface area contributed by atoms with E-state index < -0.39 is 0 Å². The summed E-state index contributed by atoms with van der Waals surface area (Å²) in [6, 6.07) is 0. The van der Waals surface area contributed by atoms with E-state index in [1.165, 1.54) is 19.3 Å². The molecule has 4 unspecified atom stereocenters. The summed E-state index contributed by atoms with van der Waals surface area (Å²) < 4.78 is 11.0. The molecule has 4 nitrogen and oxygen atoms in total. The van der Waals surface area contributed by atoms with Crippen molar-refractivity contribution < 1.29 is 19.1 Å². The van der Waals surface area contributed by atoms with Gasteiger partial charge in [0.2, 0.25) is 0 Å². The molecule has 144 valence electrons. The van der Waals surface area contributed by atoms with Gasteiger partial charge in [-0.2, -0.15) is 0 Å². The van der Waals surface area contributed by atoms with E-state index in [1.807, 2.05) is 41.5 Å². The molecule has 2 rings (SSSR count). The highest BCUT2D eigenvalue weighted by molar-refractivity contribution is 5.80. The zero-order chi connectivity index (χ0) is 18.8. The molecular formula is C21H36O4. The number of rotatable bonds is 6. The van der Waals surface area contributed by atoms with Crippen molar-refractivity contribution in [3.63, 3.8) is 0 Å². The van der Waals surface area contributed by atoms with Gasteiger partial charge >= 0.3 is 11.9 Å². The van der Waals surface area contributed by atoms with Gasteiger partial charge in [0, 0.05) is 0 Å². The quantitative estimate of drug-likeness (QED) is 0.655. The molecule has 4 heteroatoms. The molecule has 0 amide bonds. The van der Waals surface area contributed by atoms with Crippen molar-refractivity contribution in [3.8, 4) is 0 Å². The third kappa shape index (κ3) is 6.31. The minimum Gasteiger partial charge on any atom is -0.465 e. The summed E-state index contributed by atoms with van der Waals surface area (Å²) in [7, 11) is 0. The van der Waals surface area contributed by atoms with Crippen LogP contribution in [0.5, 0.6) is 0 Å². The van der Waals surface area contributed by atoms with Crippen LogP contribution < -0.4 is 0 Å². The molecular weight excluding hydrogens is 316 g/mol. The topological polar surface area (TPSA) is 52.6 Å². The fourth-order valence-electron chi connectivity index (χ4n) is 4.13. The molecule has 25 heavy (non-hydrogen) atoms. The number of fused-ring (bicyclic) bond motifs is 2. The fourth-order valence-corrected chi connectivity index (χ4v) is 4.13. The van der Waals surface area contributed by atoms with E-state index in [2.05, 4.69) is 0 Å². The van der Waals surface area contributed by atoms with E-state index in [4.69, 9.17) is 9.47 Å². The first kappa shape index (κ1) is 20.3. The zero-order valence-electron chi connectivity index (χ0n) is 16.9. The van der Waals surface area contributed by atoms with Crippen LogP contribution in [-0.4, -0.2) is 25.2 Å². The summed E-state index contributed by atoms with van der Waals surface area (Å²) in [5, 5.41) is 0. The Morgan fingerprint density at radius 3 is 2.00 bits per heavy atom. The van der Waals surface area contributed by atoms with Crippen molar-refractivity contribution in [1.29, 1.82) is 0 Å². The summed E-state index contributed by atoms with van der Waals surface area (Å²) in [6.07, 6.45) is 4.90. The second-order valence-corrected chi connectivity index (χ2v) is 10.5. The molecule has 4 atom stereocenters. The van der Waals surface area contributed by atoms with E-state index in [9.17, 15) is 9.59 Å². The Morgan fingerprint density at radius 1 is 0.920 bits per heavy atom. The maximum absolute atomic E-state index is 12.8. The zero-order valence-corrected chi connectivity index (χ0v) is 16.9. The van der Waals surface area contributed by atoms with Gasteiger partial charge in [-0.15, -0.1) is 0 Å². The molecule has 2 aliphatic rings. The highest BCUT2D eigenvalue weighted by Crippen LogP contribution is 2.52. The summed E-state index contributed by atoms with van der Waals surface area (Å²) >= 11 is 0. The Kier molecular flexibility index (Phi) is 6.22. The molecule has 2 fully saturated rings. The van der Waals surface area contributed by atoms with Gasteiger partial charge in [-0.3, -0.25) is 9.59 Å². The predicted octanol–water partition coefficient (Wildman–Crippen LogP) is 4.61. The second-order valence-electron chi connectivity index (χ2n) is 10.5. The van der Waals surface area contributed by atoms with Crippen molar-refractivity contribution in [2.45, 2.75) is 73.6 Å². The van der Waals surface area contributed by atoms with Crippen LogP contribution in [-0.2, 0) is 19.1 Å². The van der Waals surface area contributed by atoms with Crippen LogP contribution in [0.25, 0.3) is 0 Å². The van der Waals surface area contributed by atoms with Crippen molar-refractivity contribution in [2.24, 2.45) is 34.5 Å². The first-order valence-corrected chi connectivity index (χ1v) is 9.77. The van der Waals surface area contributed by atoms with E-state index in [0.717, 1.165) is 12.3 Å². The third-order valence-corrected chi connectivity index (χ3v) is 5.31. The lowest BCUT2D eigenvalue weighted by atomic mass is 9.78. The SMILES string of the molecule is CC(C)(C)COC(=O)CC(C(=O)OCC(C)(C)C)C1CC2CCC1C2. The van der Waals surface area contributed by atoms with Crippen LogP contribution in [0.3, 0.4) is 0 Å². The van der Waals surface area contributed by atoms with Gasteiger partial charge in [0.1, 0.15) is 0 Å². The Hall–Kier alpha value is -1.06. The number of esters is 2. The summed E-state index contributed by atoms with van der Waals surface area (Å²) in [5.41, 5.74) is -0.133. The van der Waals surface area contributed by atoms with Gasteiger partial charge in [-0.05, 0) is 47.8 Å². The van der Waals surface area contributed by atoms with E-state index in [1.54, 1.807) is 0 Å². The van der Waals surface area contributed by atoms with Crippen molar-refractivity contribution in [2.75, 3.05) is 13.2 Å². The molecule has 0 spiro atoms. The Balaban J connectivity index is 1.99. The highest BCUT2D eigenvalue weighted by atomic mass is 16.5. The summed E-state index contributed by atoms with van der Waals surface area (Å²) in [4.78, 5) is 25.1. The lowest BCUT2D eigenvalue weighted by Gasteiger charge is -2.30. The molecule has 0 radical (unpaired) electrons. The van der Waals surface area contributed by atoms with Gasteiger partial charge < -0.3 is 9.47 Å². The van der Waals surface area contributed by atoms with E-state index in [0.29, 0.717) is 19.1 Å². The lowest BCUT2D eigenvalue weighted by Crippen LogP contribution is -2.34. The lowest BCUT2D eigenvalue weighted by molar-refractivity contribution is -0.161. The predicted molar refractivity (Wildman–Crippen MR) is 97.9 cm³/mol. The third-order valence-electron chi connectivity index (χ3n) is 5.31. The van der Waals surface area contributed by atoms with Gasteiger partial charge in [0.05, 0.1) is 25.6 Å². The van der Waals surface area contributed by atoms with Gasteiger partial charge in [0.15, 0.2) is 0 Å². The molecule has 0 aromatic carbocycles. The molecule has 0 N–H and O–H groups in total. The van der Waals surface area contributed by atoms with Crippen LogP contribution in [0, 0.1) is 34.5 Å². The smallest absolute Gasteiger partial charge is 0.309 e. The fraction of sp³-hybridized carbons (Fsp3) is 0.905. The second kappa shape index (κ2) is 7.67. The van der Waals surface area contributed by atoms with Gasteiger partial charge in [0.25, 0.3) is 0 Å². The van der Waals surface area contributed by atoms with Crippen LogP contribution in [0.2, 0.25) is 0 Å². The first-order valence-electron chi connectivity index (χ1n) is 9.77. The molecule has 0 aliphatic heterocycles. The Morgan fingerprint density at radius 2 is 1.52 bits per heavy atom. The summed E-state index contributed by atoms with van der Waals surface area (Å²) in [6.45, 7) is 13.0. The molecule has 0 heterocycles. The standard InChI is InChI=1S/C21H36O4/c1-20(2,3)12-24-18(22)11-17(19(23)25-13-21(4,5)6)16-10-14-7-8-15(16)9-14/h14-17H,7-13H2,1-6H3. The molecule has 2 bridgehead atoms. The Bertz CT molecular complexity index is 483. The minimum absolute atomic E-state index is 0.0652. The van der Waals surface area contributed by atoms with Crippen molar-refractivity contribution in [1.82, 2.24) is 0 Å². The number of ether oxygens (including phenoxy) is 2. The van der Waals surface area contributed by atoms with Crippen molar-refractivity contribution in [3.05, 3.63) is 0 Å². The van der Waals surface area contributed by atoms with Gasteiger partial charge in [-0.25, -0.2) is 0 Å². The number of carbonyl (C=O) groups is 2. The van der Waals surface area contributed by atoms with Crippen LogP contribution >= 0.6 is 0 Å². The van der Waals surface area contributed by atoms with Gasteiger partial charge in [-0.1, -0.05) is 48.0 Å². The van der Waals surface area contributed by atoms with Crippen LogP contribution in [0.1, 0.15) is 73.6 Å². The number of hydrogen-bond acceptors (Lipinski definition) is 4. The molecule has 0 aromatic heterocycles. The van der Waals surface area contributed by atoms with Crippen LogP contribution in [0.15, 0.2) is 0 Å². The first-order chi connectivity index (χ1) is 11.4. The maximum atomic E-state index is 12.8. The number of carbonyl (C=O) groups excluding carboxylic acids is 2. The average Bonchev–Trinajstić information content (AvgIpc) is 3.09. The summed E-state index contributed by atoms with van der Waals surface area (Å²) in [5.74, 6) is 0.778. The monoisotopic (exact) mass is 352 g/mol. The van der Waals surface area contributed by atoms with E-state index >= 15 is 0 Å². The molecule has 2 aliphatic carbocycles. The van der Waals surface area contributed by atoms with Crippen LogP contribution in [0.4, 0.5) is 0 Å². The highest BCUT2D eigenvalue weighted by Gasteiger charge is 2.46. The average molecular weight is 353 g/mol. The maximum Gasteiger partial charge on any atom is 0.309 e. The molecule has 2 saturated carbocycles. The minimum atomic E-state index is -0.342.